The third kappa shape index (κ3) is 7.99. The van der Waals surface area contributed by atoms with Gasteiger partial charge in [0.15, 0.2) is 5.96 Å². The minimum atomic E-state index is 0. The van der Waals surface area contributed by atoms with Crippen LogP contribution in [0.15, 0.2) is 29.3 Å². The largest absolute Gasteiger partial charge is 0.381 e. The maximum Gasteiger partial charge on any atom is 0.188 e. The van der Waals surface area contributed by atoms with Gasteiger partial charge in [-0.1, -0.05) is 31.2 Å². The molecule has 1 saturated heterocycles. The van der Waals surface area contributed by atoms with Gasteiger partial charge in [0.05, 0.1) is 19.3 Å². The first-order valence-electron chi connectivity index (χ1n) is 8.09. The summed E-state index contributed by atoms with van der Waals surface area (Å²) in [6.45, 7) is 5.81. The van der Waals surface area contributed by atoms with Crippen molar-refractivity contribution in [2.24, 2.45) is 10.7 Å². The molecule has 0 bridgehead atoms. The number of halogens is 1. The number of benzene rings is 1. The second-order valence-corrected chi connectivity index (χ2v) is 5.57. The van der Waals surface area contributed by atoms with Crippen molar-refractivity contribution in [3.63, 3.8) is 0 Å². The molecule has 0 amide bonds. The van der Waals surface area contributed by atoms with Crippen molar-refractivity contribution < 1.29 is 9.47 Å². The molecule has 1 heterocycles. The first-order chi connectivity index (χ1) is 10.8. The van der Waals surface area contributed by atoms with Gasteiger partial charge in [-0.3, -0.25) is 0 Å². The molecule has 5 nitrogen and oxygen atoms in total. The van der Waals surface area contributed by atoms with Crippen molar-refractivity contribution in [1.82, 2.24) is 5.32 Å². The molecule has 3 N–H and O–H groups in total. The Labute approximate surface area is 156 Å². The normalized spacial score (nSPS) is 16.0. The smallest absolute Gasteiger partial charge is 0.188 e. The summed E-state index contributed by atoms with van der Waals surface area (Å²) >= 11 is 0. The van der Waals surface area contributed by atoms with Crippen LogP contribution in [-0.4, -0.2) is 31.8 Å². The van der Waals surface area contributed by atoms with Crippen LogP contribution in [0.25, 0.3) is 0 Å². The van der Waals surface area contributed by atoms with Gasteiger partial charge in [0.2, 0.25) is 0 Å². The first kappa shape index (κ1) is 20.2. The number of rotatable bonds is 7. The molecule has 1 aromatic rings. The number of nitrogens with one attached hydrogen (secondary N) is 1. The van der Waals surface area contributed by atoms with E-state index in [4.69, 9.17) is 15.2 Å². The number of hydrogen-bond donors (Lipinski definition) is 2. The van der Waals surface area contributed by atoms with Crippen molar-refractivity contribution in [3.05, 3.63) is 35.4 Å². The number of nitrogens with zero attached hydrogens (tertiary/aromatic N) is 1. The van der Waals surface area contributed by atoms with E-state index in [1.54, 1.807) is 0 Å². The molecule has 0 aromatic heterocycles. The van der Waals surface area contributed by atoms with Gasteiger partial charge in [-0.2, -0.15) is 0 Å². The number of aliphatic imine (C=N–C) groups is 1. The summed E-state index contributed by atoms with van der Waals surface area (Å²) < 4.78 is 11.3. The second-order valence-electron chi connectivity index (χ2n) is 5.57. The van der Waals surface area contributed by atoms with E-state index in [0.29, 0.717) is 25.2 Å². The van der Waals surface area contributed by atoms with Crippen molar-refractivity contribution in [1.29, 1.82) is 0 Å². The van der Waals surface area contributed by atoms with E-state index < -0.39 is 0 Å². The zero-order valence-corrected chi connectivity index (χ0v) is 16.1. The molecule has 0 spiro atoms. The van der Waals surface area contributed by atoms with Gasteiger partial charge in [-0.25, -0.2) is 4.99 Å². The Hall–Kier alpha value is -0.860. The molecule has 1 fully saturated rings. The van der Waals surface area contributed by atoms with E-state index in [1.807, 2.05) is 6.07 Å². The van der Waals surface area contributed by atoms with Gasteiger partial charge < -0.3 is 20.5 Å². The number of hydrogen-bond acceptors (Lipinski definition) is 3. The molecule has 130 valence electrons. The highest BCUT2D eigenvalue weighted by Gasteiger charge is 2.13. The SMILES string of the molecule is CCCNC(N)=NCc1cccc(COC2CCOCC2)c1.I. The van der Waals surface area contributed by atoms with Gasteiger partial charge >= 0.3 is 0 Å². The minimum absolute atomic E-state index is 0. The lowest BCUT2D eigenvalue weighted by Crippen LogP contribution is -2.32. The molecule has 6 heteroatoms. The Morgan fingerprint density at radius 3 is 2.83 bits per heavy atom. The van der Waals surface area contributed by atoms with E-state index in [1.165, 1.54) is 5.56 Å². The molecule has 0 aliphatic carbocycles. The van der Waals surface area contributed by atoms with Gasteiger partial charge in [0, 0.05) is 19.8 Å². The van der Waals surface area contributed by atoms with Crippen LogP contribution in [0.2, 0.25) is 0 Å². The van der Waals surface area contributed by atoms with Crippen molar-refractivity contribution >= 4 is 29.9 Å². The Morgan fingerprint density at radius 2 is 2.09 bits per heavy atom. The Balaban J connectivity index is 0.00000264. The van der Waals surface area contributed by atoms with Crippen LogP contribution in [0.1, 0.15) is 37.3 Å². The number of guanidine groups is 1. The molecule has 0 atom stereocenters. The maximum atomic E-state index is 5.95. The summed E-state index contributed by atoms with van der Waals surface area (Å²) in [6.07, 6.45) is 3.34. The highest BCUT2D eigenvalue weighted by Crippen LogP contribution is 2.14. The number of nitrogens with two attached hydrogens (primary N) is 1. The summed E-state index contributed by atoms with van der Waals surface area (Å²) in [7, 11) is 0. The minimum Gasteiger partial charge on any atom is -0.381 e. The van der Waals surface area contributed by atoms with Gasteiger partial charge in [-0.05, 0) is 30.4 Å². The van der Waals surface area contributed by atoms with E-state index in [0.717, 1.165) is 44.6 Å². The van der Waals surface area contributed by atoms with Crippen LogP contribution in [0.3, 0.4) is 0 Å². The van der Waals surface area contributed by atoms with Crippen LogP contribution in [0, 0.1) is 0 Å². The molecule has 2 rings (SSSR count). The van der Waals surface area contributed by atoms with Crippen molar-refractivity contribution in [2.75, 3.05) is 19.8 Å². The topological polar surface area (TPSA) is 68.9 Å². The Bertz CT molecular complexity index is 477. The fourth-order valence-electron chi connectivity index (χ4n) is 2.36. The molecular weight excluding hydrogens is 405 g/mol. The highest BCUT2D eigenvalue weighted by molar-refractivity contribution is 14.0. The van der Waals surface area contributed by atoms with Gasteiger partial charge in [0.25, 0.3) is 0 Å². The third-order valence-corrected chi connectivity index (χ3v) is 3.63. The fourth-order valence-corrected chi connectivity index (χ4v) is 2.36. The lowest BCUT2D eigenvalue weighted by atomic mass is 10.1. The molecule has 23 heavy (non-hydrogen) atoms. The average Bonchev–Trinajstić information content (AvgIpc) is 2.57. The summed E-state index contributed by atoms with van der Waals surface area (Å²) in [6, 6.07) is 8.33. The highest BCUT2D eigenvalue weighted by atomic mass is 127. The van der Waals surface area contributed by atoms with Crippen molar-refractivity contribution in [2.45, 2.75) is 45.4 Å². The predicted octanol–water partition coefficient (Wildman–Crippen LogP) is 2.81. The molecule has 0 unspecified atom stereocenters. The average molecular weight is 433 g/mol. The third-order valence-electron chi connectivity index (χ3n) is 3.63. The summed E-state index contributed by atoms with van der Waals surface area (Å²) in [5.74, 6) is 0.505. The molecule has 0 radical (unpaired) electrons. The van der Waals surface area contributed by atoms with Crippen LogP contribution < -0.4 is 11.1 Å². The molecule has 0 saturated carbocycles. The van der Waals surface area contributed by atoms with Gasteiger partial charge in [-0.15, -0.1) is 24.0 Å². The number of ether oxygens (including phenoxy) is 2. The van der Waals surface area contributed by atoms with Crippen LogP contribution in [0.4, 0.5) is 0 Å². The molecule has 1 aliphatic heterocycles. The van der Waals surface area contributed by atoms with E-state index in [2.05, 4.69) is 35.4 Å². The first-order valence-corrected chi connectivity index (χ1v) is 8.09. The van der Waals surface area contributed by atoms with E-state index in [9.17, 15) is 0 Å². The second kappa shape index (κ2) is 11.6. The quantitative estimate of drug-likeness (QED) is 0.394. The molecule has 1 aromatic carbocycles. The van der Waals surface area contributed by atoms with Crippen LogP contribution in [0.5, 0.6) is 0 Å². The maximum absolute atomic E-state index is 5.95. The van der Waals surface area contributed by atoms with Crippen molar-refractivity contribution in [3.8, 4) is 0 Å². The van der Waals surface area contributed by atoms with Gasteiger partial charge in [0.1, 0.15) is 0 Å². The predicted molar refractivity (Wildman–Crippen MR) is 104 cm³/mol. The monoisotopic (exact) mass is 433 g/mol. The van der Waals surface area contributed by atoms with E-state index in [-0.39, 0.29) is 24.0 Å². The fraction of sp³-hybridized carbons (Fsp3) is 0.588. The zero-order chi connectivity index (χ0) is 15.6. The summed E-state index contributed by atoms with van der Waals surface area (Å²) in [5.41, 5.74) is 8.13. The molecular formula is C17H28IN3O2. The molecule has 1 aliphatic rings. The summed E-state index contributed by atoms with van der Waals surface area (Å²) in [4.78, 5) is 4.35. The van der Waals surface area contributed by atoms with Crippen LogP contribution in [-0.2, 0) is 22.6 Å². The lowest BCUT2D eigenvalue weighted by Gasteiger charge is -2.22. The zero-order valence-electron chi connectivity index (χ0n) is 13.8. The van der Waals surface area contributed by atoms with E-state index >= 15 is 0 Å². The Kier molecular flexibility index (Phi) is 10.2. The standard InChI is InChI=1S/C17H27N3O2.HI/c1-2-8-19-17(18)20-12-14-4-3-5-15(11-14)13-22-16-6-9-21-10-7-16;/h3-5,11,16H,2,6-10,12-13H2,1H3,(H3,18,19,20);1H. The van der Waals surface area contributed by atoms with Crippen LogP contribution >= 0.6 is 24.0 Å². The summed E-state index contributed by atoms with van der Waals surface area (Å²) in [5, 5.41) is 3.08. The Morgan fingerprint density at radius 1 is 1.35 bits per heavy atom. The lowest BCUT2D eigenvalue weighted by molar-refractivity contribution is -0.0390.